The Balaban J connectivity index is 1.94. The van der Waals surface area contributed by atoms with Crippen LogP contribution in [0.25, 0.3) is 0 Å². The fourth-order valence-corrected chi connectivity index (χ4v) is 3.26. The average molecular weight is 283 g/mol. The average Bonchev–Trinajstić information content (AvgIpc) is 2.86. The second-order valence-electron chi connectivity index (χ2n) is 6.22. The molecule has 0 saturated carbocycles. The van der Waals surface area contributed by atoms with Crippen LogP contribution in [0.2, 0.25) is 0 Å². The van der Waals surface area contributed by atoms with E-state index < -0.39 is 0 Å². The third kappa shape index (κ3) is 2.97. The molecule has 1 N–H and O–H groups in total. The second-order valence-corrected chi connectivity index (χ2v) is 6.22. The normalized spacial score (nSPS) is 17.4. The predicted octanol–water partition coefficient (Wildman–Crippen LogP) is 4.25. The molecule has 1 aromatic carbocycles. The Morgan fingerprint density at radius 2 is 1.95 bits per heavy atom. The SMILES string of the molecule is CCCCc1cc2n(n1)C(c1cc(C)cc(C)c1)CCN2. The first-order valence-electron chi connectivity index (χ1n) is 8.08. The van der Waals surface area contributed by atoms with Crippen molar-refractivity contribution < 1.29 is 0 Å². The lowest BCUT2D eigenvalue weighted by Crippen LogP contribution is -2.24. The van der Waals surface area contributed by atoms with Crippen LogP contribution in [0.3, 0.4) is 0 Å². The maximum atomic E-state index is 4.86. The highest BCUT2D eigenvalue weighted by atomic mass is 15.4. The van der Waals surface area contributed by atoms with Gasteiger partial charge in [0.2, 0.25) is 0 Å². The van der Waals surface area contributed by atoms with Gasteiger partial charge in [0.05, 0.1) is 11.7 Å². The van der Waals surface area contributed by atoms with E-state index in [9.17, 15) is 0 Å². The summed E-state index contributed by atoms with van der Waals surface area (Å²) < 4.78 is 2.20. The van der Waals surface area contributed by atoms with Gasteiger partial charge in [-0.05, 0) is 38.7 Å². The number of hydrogen-bond donors (Lipinski definition) is 1. The van der Waals surface area contributed by atoms with Gasteiger partial charge in [0.25, 0.3) is 0 Å². The van der Waals surface area contributed by atoms with Crippen LogP contribution in [-0.2, 0) is 6.42 Å². The molecule has 0 fully saturated rings. The Labute approximate surface area is 127 Å². The van der Waals surface area contributed by atoms with Crippen molar-refractivity contribution in [1.82, 2.24) is 9.78 Å². The van der Waals surface area contributed by atoms with Crippen LogP contribution in [0.4, 0.5) is 5.82 Å². The van der Waals surface area contributed by atoms with Crippen LogP contribution in [0.5, 0.6) is 0 Å². The van der Waals surface area contributed by atoms with Gasteiger partial charge in [-0.1, -0.05) is 42.7 Å². The Kier molecular flexibility index (Phi) is 4.00. The molecular formula is C18H25N3. The van der Waals surface area contributed by atoms with Crippen LogP contribution in [0, 0.1) is 13.8 Å². The summed E-state index contributed by atoms with van der Waals surface area (Å²) in [7, 11) is 0. The van der Waals surface area contributed by atoms with E-state index in [2.05, 4.69) is 55.0 Å². The number of hydrogen-bond acceptors (Lipinski definition) is 2. The zero-order valence-electron chi connectivity index (χ0n) is 13.3. The highest BCUT2D eigenvalue weighted by molar-refractivity contribution is 5.42. The molecule has 1 aliphatic rings. The molecule has 2 aromatic rings. The molecular weight excluding hydrogens is 258 g/mol. The number of fused-ring (bicyclic) bond motifs is 1. The van der Waals surface area contributed by atoms with Gasteiger partial charge in [0.1, 0.15) is 5.82 Å². The molecule has 1 unspecified atom stereocenters. The molecule has 3 rings (SSSR count). The highest BCUT2D eigenvalue weighted by Crippen LogP contribution is 2.31. The number of aryl methyl sites for hydroxylation is 3. The largest absolute Gasteiger partial charge is 0.370 e. The predicted molar refractivity (Wildman–Crippen MR) is 88.0 cm³/mol. The minimum atomic E-state index is 0.371. The van der Waals surface area contributed by atoms with Gasteiger partial charge >= 0.3 is 0 Å². The standard InChI is InChI=1S/C18H25N3/c1-4-5-6-16-12-18-19-8-7-17(21(18)20-16)15-10-13(2)9-14(3)11-15/h9-12,17,19H,4-8H2,1-3H3. The lowest BCUT2D eigenvalue weighted by molar-refractivity contribution is 0.477. The molecule has 1 atom stereocenters. The van der Waals surface area contributed by atoms with E-state index >= 15 is 0 Å². The maximum absolute atomic E-state index is 4.86. The zero-order valence-corrected chi connectivity index (χ0v) is 13.3. The summed E-state index contributed by atoms with van der Waals surface area (Å²) in [5, 5.41) is 8.35. The molecule has 112 valence electrons. The summed E-state index contributed by atoms with van der Waals surface area (Å²) in [6.45, 7) is 7.60. The van der Waals surface area contributed by atoms with Gasteiger partial charge in [-0.15, -0.1) is 0 Å². The number of nitrogens with one attached hydrogen (secondary N) is 1. The van der Waals surface area contributed by atoms with Crippen molar-refractivity contribution in [2.75, 3.05) is 11.9 Å². The smallest absolute Gasteiger partial charge is 0.125 e. The second kappa shape index (κ2) is 5.92. The molecule has 0 bridgehead atoms. The number of rotatable bonds is 4. The van der Waals surface area contributed by atoms with Gasteiger partial charge in [-0.25, -0.2) is 4.68 Å². The zero-order chi connectivity index (χ0) is 14.8. The molecule has 1 aromatic heterocycles. The fourth-order valence-electron chi connectivity index (χ4n) is 3.26. The number of nitrogens with zero attached hydrogens (tertiary/aromatic N) is 2. The first-order chi connectivity index (χ1) is 10.2. The summed E-state index contributed by atoms with van der Waals surface area (Å²) >= 11 is 0. The monoisotopic (exact) mass is 283 g/mol. The molecule has 0 radical (unpaired) electrons. The number of anilines is 1. The minimum Gasteiger partial charge on any atom is -0.370 e. The lowest BCUT2D eigenvalue weighted by Gasteiger charge is -2.26. The molecule has 0 spiro atoms. The van der Waals surface area contributed by atoms with Gasteiger partial charge in [-0.3, -0.25) is 0 Å². The van der Waals surface area contributed by atoms with Gasteiger partial charge in [0.15, 0.2) is 0 Å². The van der Waals surface area contributed by atoms with Gasteiger partial charge in [0, 0.05) is 12.6 Å². The Hall–Kier alpha value is -1.77. The molecule has 0 amide bonds. The maximum Gasteiger partial charge on any atom is 0.125 e. The number of benzene rings is 1. The molecule has 0 aliphatic carbocycles. The van der Waals surface area contributed by atoms with E-state index in [0.717, 1.165) is 19.4 Å². The van der Waals surface area contributed by atoms with Crippen molar-refractivity contribution >= 4 is 5.82 Å². The van der Waals surface area contributed by atoms with E-state index in [1.807, 2.05) is 0 Å². The third-order valence-electron chi connectivity index (χ3n) is 4.22. The Morgan fingerprint density at radius 1 is 1.19 bits per heavy atom. The van der Waals surface area contributed by atoms with E-state index in [4.69, 9.17) is 5.10 Å². The molecule has 3 heteroatoms. The van der Waals surface area contributed by atoms with Crippen molar-refractivity contribution in [3.63, 3.8) is 0 Å². The topological polar surface area (TPSA) is 29.9 Å². The molecule has 21 heavy (non-hydrogen) atoms. The lowest BCUT2D eigenvalue weighted by atomic mass is 9.98. The van der Waals surface area contributed by atoms with Crippen molar-refractivity contribution in [3.8, 4) is 0 Å². The fraction of sp³-hybridized carbons (Fsp3) is 0.500. The van der Waals surface area contributed by atoms with Crippen LogP contribution in [0.15, 0.2) is 24.3 Å². The molecule has 3 nitrogen and oxygen atoms in total. The van der Waals surface area contributed by atoms with Crippen LogP contribution >= 0.6 is 0 Å². The first kappa shape index (κ1) is 14.2. The summed E-state index contributed by atoms with van der Waals surface area (Å²) in [5.41, 5.74) is 5.28. The van der Waals surface area contributed by atoms with Crippen molar-refractivity contribution in [2.24, 2.45) is 0 Å². The summed E-state index contributed by atoms with van der Waals surface area (Å²) in [6.07, 6.45) is 4.61. The Bertz CT molecular complexity index is 607. The third-order valence-corrected chi connectivity index (χ3v) is 4.22. The van der Waals surface area contributed by atoms with E-state index in [1.54, 1.807) is 0 Å². The molecule has 2 heterocycles. The van der Waals surface area contributed by atoms with Crippen molar-refractivity contribution in [1.29, 1.82) is 0 Å². The number of unbranched alkanes of at least 4 members (excludes halogenated alkanes) is 1. The first-order valence-corrected chi connectivity index (χ1v) is 8.08. The summed E-state index contributed by atoms with van der Waals surface area (Å²) in [6, 6.07) is 9.45. The number of aromatic nitrogens is 2. The molecule has 0 saturated heterocycles. The highest BCUT2D eigenvalue weighted by Gasteiger charge is 2.23. The minimum absolute atomic E-state index is 0.371. The van der Waals surface area contributed by atoms with E-state index in [0.29, 0.717) is 6.04 Å². The summed E-state index contributed by atoms with van der Waals surface area (Å²) in [5.74, 6) is 1.18. The van der Waals surface area contributed by atoms with Crippen LogP contribution < -0.4 is 5.32 Å². The van der Waals surface area contributed by atoms with Crippen LogP contribution in [0.1, 0.15) is 54.6 Å². The summed E-state index contributed by atoms with van der Waals surface area (Å²) in [4.78, 5) is 0. The van der Waals surface area contributed by atoms with Crippen molar-refractivity contribution in [2.45, 2.75) is 52.5 Å². The van der Waals surface area contributed by atoms with Crippen LogP contribution in [-0.4, -0.2) is 16.3 Å². The van der Waals surface area contributed by atoms with Gasteiger partial charge < -0.3 is 5.32 Å². The van der Waals surface area contributed by atoms with Gasteiger partial charge in [-0.2, -0.15) is 5.10 Å². The quantitative estimate of drug-likeness (QED) is 0.909. The van der Waals surface area contributed by atoms with Crippen molar-refractivity contribution in [3.05, 3.63) is 46.6 Å². The van der Waals surface area contributed by atoms with E-state index in [1.165, 1.54) is 41.0 Å². The van der Waals surface area contributed by atoms with E-state index in [-0.39, 0.29) is 0 Å². The Morgan fingerprint density at radius 3 is 2.67 bits per heavy atom. The molecule has 1 aliphatic heterocycles.